The highest BCUT2D eigenvalue weighted by atomic mass is 32.2. The molecule has 10 heteroatoms. The first-order valence-corrected chi connectivity index (χ1v) is 9.95. The highest BCUT2D eigenvalue weighted by Gasteiger charge is 2.32. The Balaban J connectivity index is 2.18. The SMILES string of the molecule is CC/C=C(/C)C(=O)N1CCN(S(=O)(=O)c2ccc(OC)c([N+](=O)[O-])c2)CC1. The molecule has 0 aromatic heterocycles. The lowest BCUT2D eigenvalue weighted by Crippen LogP contribution is -2.50. The minimum absolute atomic E-state index is 0.00690. The highest BCUT2D eigenvalue weighted by Crippen LogP contribution is 2.30. The third-order valence-electron chi connectivity index (χ3n) is 4.36. The number of benzene rings is 1. The molecule has 27 heavy (non-hydrogen) atoms. The summed E-state index contributed by atoms with van der Waals surface area (Å²) in [6, 6.07) is 3.55. The minimum atomic E-state index is -3.90. The molecule has 0 unspecified atom stereocenters. The van der Waals surface area contributed by atoms with E-state index in [2.05, 4.69) is 0 Å². The number of methoxy groups -OCH3 is 1. The summed E-state index contributed by atoms with van der Waals surface area (Å²) in [4.78, 5) is 24.2. The lowest BCUT2D eigenvalue weighted by molar-refractivity contribution is -0.386. The van der Waals surface area contributed by atoms with Crippen molar-refractivity contribution in [2.75, 3.05) is 33.3 Å². The van der Waals surface area contributed by atoms with Crippen LogP contribution in [0.5, 0.6) is 5.75 Å². The zero-order chi connectivity index (χ0) is 20.2. The minimum Gasteiger partial charge on any atom is -0.490 e. The van der Waals surface area contributed by atoms with Crippen molar-refractivity contribution in [3.63, 3.8) is 0 Å². The highest BCUT2D eigenvalue weighted by molar-refractivity contribution is 7.89. The van der Waals surface area contributed by atoms with Crippen LogP contribution in [0.1, 0.15) is 20.3 Å². The molecule has 1 aliphatic heterocycles. The summed E-state index contributed by atoms with van der Waals surface area (Å²) in [7, 11) is -2.62. The molecule has 9 nitrogen and oxygen atoms in total. The molecule has 1 heterocycles. The van der Waals surface area contributed by atoms with Crippen molar-refractivity contribution in [1.82, 2.24) is 9.21 Å². The summed E-state index contributed by atoms with van der Waals surface area (Å²) in [5.74, 6) is -0.110. The Labute approximate surface area is 158 Å². The van der Waals surface area contributed by atoms with Crippen molar-refractivity contribution in [3.8, 4) is 5.75 Å². The first kappa shape index (κ1) is 20.8. The fraction of sp³-hybridized carbons (Fsp3) is 0.471. The second-order valence-electron chi connectivity index (χ2n) is 6.08. The van der Waals surface area contributed by atoms with Gasteiger partial charge in [-0.15, -0.1) is 0 Å². The van der Waals surface area contributed by atoms with Gasteiger partial charge in [-0.2, -0.15) is 4.31 Å². The van der Waals surface area contributed by atoms with Gasteiger partial charge in [0, 0.05) is 37.8 Å². The van der Waals surface area contributed by atoms with Crippen LogP contribution in [0.2, 0.25) is 0 Å². The van der Waals surface area contributed by atoms with Gasteiger partial charge in [-0.1, -0.05) is 13.0 Å². The van der Waals surface area contributed by atoms with E-state index in [0.717, 1.165) is 12.5 Å². The number of carbonyl (C=O) groups is 1. The fourth-order valence-electron chi connectivity index (χ4n) is 2.90. The molecule has 1 amide bonds. The molecule has 148 valence electrons. The van der Waals surface area contributed by atoms with E-state index in [9.17, 15) is 23.3 Å². The molecule has 1 saturated heterocycles. The largest absolute Gasteiger partial charge is 0.490 e. The number of hydrogen-bond acceptors (Lipinski definition) is 6. The van der Waals surface area contributed by atoms with Gasteiger partial charge in [0.2, 0.25) is 15.9 Å². The van der Waals surface area contributed by atoms with E-state index in [1.54, 1.807) is 11.8 Å². The molecule has 0 N–H and O–H groups in total. The van der Waals surface area contributed by atoms with Crippen LogP contribution in [-0.2, 0) is 14.8 Å². The summed E-state index contributed by atoms with van der Waals surface area (Å²) in [5, 5.41) is 11.1. The summed E-state index contributed by atoms with van der Waals surface area (Å²) in [6.45, 7) is 4.48. The summed E-state index contributed by atoms with van der Waals surface area (Å²) >= 11 is 0. The second-order valence-corrected chi connectivity index (χ2v) is 8.02. The zero-order valence-corrected chi connectivity index (χ0v) is 16.4. The van der Waals surface area contributed by atoms with E-state index in [0.29, 0.717) is 5.57 Å². The molecule has 0 atom stereocenters. The first-order valence-electron chi connectivity index (χ1n) is 8.51. The number of amides is 1. The van der Waals surface area contributed by atoms with Crippen molar-refractivity contribution in [3.05, 3.63) is 40.0 Å². The third-order valence-corrected chi connectivity index (χ3v) is 6.25. The van der Waals surface area contributed by atoms with Gasteiger partial charge in [0.25, 0.3) is 0 Å². The van der Waals surface area contributed by atoms with E-state index >= 15 is 0 Å². The molecular formula is C17H23N3O6S. The Morgan fingerprint density at radius 3 is 2.44 bits per heavy atom. The maximum atomic E-state index is 12.8. The van der Waals surface area contributed by atoms with Crippen molar-refractivity contribution < 1.29 is 22.9 Å². The molecule has 1 aromatic carbocycles. The number of nitrogens with zero attached hydrogens (tertiary/aromatic N) is 3. The number of sulfonamides is 1. The van der Waals surface area contributed by atoms with Gasteiger partial charge in [0.1, 0.15) is 0 Å². The van der Waals surface area contributed by atoms with E-state index in [4.69, 9.17) is 4.74 Å². The average Bonchev–Trinajstić information content (AvgIpc) is 2.67. The second kappa shape index (κ2) is 8.49. The van der Waals surface area contributed by atoms with Gasteiger partial charge in [-0.05, 0) is 25.5 Å². The van der Waals surface area contributed by atoms with Gasteiger partial charge in [-0.25, -0.2) is 8.42 Å². The lowest BCUT2D eigenvalue weighted by Gasteiger charge is -2.34. The number of hydrogen-bond donors (Lipinski definition) is 0. The zero-order valence-electron chi connectivity index (χ0n) is 15.5. The third kappa shape index (κ3) is 4.45. The van der Waals surface area contributed by atoms with Gasteiger partial charge in [0.15, 0.2) is 5.75 Å². The van der Waals surface area contributed by atoms with Gasteiger partial charge < -0.3 is 9.64 Å². The normalized spacial score (nSPS) is 16.3. The van der Waals surface area contributed by atoms with Crippen molar-refractivity contribution in [2.24, 2.45) is 0 Å². The van der Waals surface area contributed by atoms with Crippen molar-refractivity contribution in [2.45, 2.75) is 25.2 Å². The molecule has 0 aliphatic carbocycles. The number of nitro groups is 1. The smallest absolute Gasteiger partial charge is 0.312 e. The van der Waals surface area contributed by atoms with E-state index in [1.165, 1.54) is 23.5 Å². The first-order chi connectivity index (χ1) is 12.7. The van der Waals surface area contributed by atoms with Crippen LogP contribution in [0.3, 0.4) is 0 Å². The predicted octanol–water partition coefficient (Wildman–Crippen LogP) is 1.79. The van der Waals surface area contributed by atoms with Crippen LogP contribution in [0.15, 0.2) is 34.7 Å². The Morgan fingerprint density at radius 1 is 1.30 bits per heavy atom. The number of ether oxygens (including phenoxy) is 1. The Morgan fingerprint density at radius 2 is 1.93 bits per heavy atom. The molecule has 1 fully saturated rings. The average molecular weight is 397 g/mol. The van der Waals surface area contributed by atoms with Gasteiger partial charge in [-0.3, -0.25) is 14.9 Å². The summed E-state index contributed by atoms with van der Waals surface area (Å²) in [5.41, 5.74) is 0.229. The Hall–Kier alpha value is -2.46. The Bertz CT molecular complexity index is 857. The molecule has 1 aromatic rings. The Kier molecular flexibility index (Phi) is 6.55. The van der Waals surface area contributed by atoms with Crippen LogP contribution >= 0.6 is 0 Å². The predicted molar refractivity (Wildman–Crippen MR) is 99.0 cm³/mol. The summed E-state index contributed by atoms with van der Waals surface area (Å²) < 4.78 is 31.8. The molecule has 2 rings (SSSR count). The van der Waals surface area contributed by atoms with Gasteiger partial charge >= 0.3 is 5.69 Å². The standard InChI is InChI=1S/C17H23N3O6S/c1-4-5-13(2)17(21)18-8-10-19(11-9-18)27(24,25)14-6-7-16(26-3)15(12-14)20(22)23/h5-7,12H,4,8-11H2,1-3H3/b13-5-. The van der Waals surface area contributed by atoms with Crippen LogP contribution < -0.4 is 4.74 Å². The number of piperazine rings is 1. The van der Waals surface area contributed by atoms with Crippen LogP contribution in [-0.4, -0.2) is 61.7 Å². The summed E-state index contributed by atoms with van der Waals surface area (Å²) in [6.07, 6.45) is 2.59. The van der Waals surface area contributed by atoms with E-state index in [1.807, 2.05) is 13.0 Å². The molecule has 1 aliphatic rings. The van der Waals surface area contributed by atoms with Crippen LogP contribution in [0.25, 0.3) is 0 Å². The van der Waals surface area contributed by atoms with Crippen molar-refractivity contribution in [1.29, 1.82) is 0 Å². The van der Waals surface area contributed by atoms with Gasteiger partial charge in [0.05, 0.1) is 16.9 Å². The number of allylic oxidation sites excluding steroid dienone is 1. The number of rotatable bonds is 6. The van der Waals surface area contributed by atoms with E-state index < -0.39 is 20.6 Å². The van der Waals surface area contributed by atoms with E-state index in [-0.39, 0.29) is 42.7 Å². The molecule has 0 saturated carbocycles. The molecule has 0 radical (unpaired) electrons. The number of carbonyl (C=O) groups excluding carboxylic acids is 1. The molecule has 0 spiro atoms. The molecule has 0 bridgehead atoms. The quantitative estimate of drug-likeness (QED) is 0.411. The van der Waals surface area contributed by atoms with Crippen molar-refractivity contribution >= 4 is 21.6 Å². The topological polar surface area (TPSA) is 110 Å². The van der Waals surface area contributed by atoms with Crippen LogP contribution in [0.4, 0.5) is 5.69 Å². The maximum Gasteiger partial charge on any atom is 0.312 e. The lowest BCUT2D eigenvalue weighted by atomic mass is 10.2. The monoisotopic (exact) mass is 397 g/mol. The maximum absolute atomic E-state index is 12.8. The number of nitro benzene ring substituents is 1. The van der Waals surface area contributed by atoms with Crippen LogP contribution in [0, 0.1) is 10.1 Å². The molecular weight excluding hydrogens is 374 g/mol. The fourth-order valence-corrected chi connectivity index (χ4v) is 4.34.